The average Bonchev–Trinajstić information content (AvgIpc) is 2.67. The number of aryl methyl sites for hydroxylation is 2. The van der Waals surface area contributed by atoms with Crippen LogP contribution in [0.1, 0.15) is 28.4 Å². The number of rotatable bonds is 7. The molecule has 0 aromatic heterocycles. The molecular formula is C21H23ClN2O4. The zero-order chi connectivity index (χ0) is 20.7. The molecule has 2 amide bonds. The fraction of sp³-hybridized carbons (Fsp3) is 0.286. The van der Waals surface area contributed by atoms with E-state index in [0.717, 1.165) is 11.1 Å². The lowest BCUT2D eigenvalue weighted by molar-refractivity contribution is -0.137. The zero-order valence-electron chi connectivity index (χ0n) is 16.1. The van der Waals surface area contributed by atoms with Gasteiger partial charge in [0.15, 0.2) is 6.61 Å². The van der Waals surface area contributed by atoms with Crippen LogP contribution in [0.5, 0.6) is 0 Å². The van der Waals surface area contributed by atoms with E-state index in [1.165, 1.54) is 4.90 Å². The number of hydrogen-bond donors (Lipinski definition) is 1. The Kier molecular flexibility index (Phi) is 7.58. The summed E-state index contributed by atoms with van der Waals surface area (Å²) in [6.07, 6.45) is 0. The van der Waals surface area contributed by atoms with E-state index in [4.69, 9.17) is 16.3 Å². The van der Waals surface area contributed by atoms with Crippen molar-refractivity contribution in [3.63, 3.8) is 0 Å². The molecule has 2 rings (SSSR count). The van der Waals surface area contributed by atoms with Crippen LogP contribution in [0, 0.1) is 13.8 Å². The van der Waals surface area contributed by atoms with Crippen LogP contribution in [0.3, 0.4) is 0 Å². The van der Waals surface area contributed by atoms with Gasteiger partial charge in [0.2, 0.25) is 5.91 Å². The Morgan fingerprint density at radius 2 is 1.79 bits per heavy atom. The Morgan fingerprint density at radius 1 is 1.07 bits per heavy atom. The molecule has 0 aliphatic carbocycles. The molecule has 0 heterocycles. The summed E-state index contributed by atoms with van der Waals surface area (Å²) < 4.78 is 5.11. The SMILES string of the molecule is CCN(CC(=O)Nc1cc(Cl)ccc1C)C(=O)COC(=O)c1ccccc1C. The number of benzene rings is 2. The van der Waals surface area contributed by atoms with Crippen molar-refractivity contribution in [3.8, 4) is 0 Å². The topological polar surface area (TPSA) is 75.7 Å². The van der Waals surface area contributed by atoms with Gasteiger partial charge in [-0.25, -0.2) is 4.79 Å². The highest BCUT2D eigenvalue weighted by Gasteiger charge is 2.19. The molecule has 0 saturated carbocycles. The maximum absolute atomic E-state index is 12.4. The summed E-state index contributed by atoms with van der Waals surface area (Å²) in [5, 5.41) is 3.25. The summed E-state index contributed by atoms with van der Waals surface area (Å²) >= 11 is 5.95. The summed E-state index contributed by atoms with van der Waals surface area (Å²) in [6, 6.07) is 12.2. The lowest BCUT2D eigenvalue weighted by Gasteiger charge is -2.20. The Balaban J connectivity index is 1.92. The highest BCUT2D eigenvalue weighted by atomic mass is 35.5. The van der Waals surface area contributed by atoms with E-state index in [9.17, 15) is 14.4 Å². The number of nitrogens with one attached hydrogen (secondary N) is 1. The monoisotopic (exact) mass is 402 g/mol. The number of likely N-dealkylation sites (N-methyl/N-ethyl adjacent to an activating group) is 1. The standard InChI is InChI=1S/C21H23ClN2O4/c1-4-24(12-19(25)23-18-11-16(22)10-9-15(18)3)20(26)13-28-21(27)17-8-6-5-7-14(17)2/h5-11H,4,12-13H2,1-3H3,(H,23,25). The van der Waals surface area contributed by atoms with Crippen LogP contribution in [0.2, 0.25) is 5.02 Å². The second kappa shape index (κ2) is 9.90. The largest absolute Gasteiger partial charge is 0.452 e. The van der Waals surface area contributed by atoms with Crippen molar-refractivity contribution in [1.29, 1.82) is 0 Å². The molecule has 6 nitrogen and oxygen atoms in total. The molecule has 2 aromatic rings. The maximum atomic E-state index is 12.4. The van der Waals surface area contributed by atoms with Crippen molar-refractivity contribution in [2.45, 2.75) is 20.8 Å². The molecule has 28 heavy (non-hydrogen) atoms. The number of amides is 2. The Hall–Kier alpha value is -2.86. The molecule has 0 atom stereocenters. The number of carbonyl (C=O) groups excluding carboxylic acids is 3. The molecule has 7 heteroatoms. The third-order valence-corrected chi connectivity index (χ3v) is 4.47. The van der Waals surface area contributed by atoms with E-state index in [1.54, 1.807) is 50.2 Å². The van der Waals surface area contributed by atoms with Gasteiger partial charge in [0.1, 0.15) is 0 Å². The highest BCUT2D eigenvalue weighted by Crippen LogP contribution is 2.20. The molecule has 0 spiro atoms. The van der Waals surface area contributed by atoms with Crippen LogP contribution in [0.4, 0.5) is 5.69 Å². The van der Waals surface area contributed by atoms with Gasteiger partial charge in [-0.1, -0.05) is 35.9 Å². The molecule has 0 unspecified atom stereocenters. The van der Waals surface area contributed by atoms with Crippen LogP contribution in [0.25, 0.3) is 0 Å². The maximum Gasteiger partial charge on any atom is 0.338 e. The van der Waals surface area contributed by atoms with Gasteiger partial charge >= 0.3 is 5.97 Å². The smallest absolute Gasteiger partial charge is 0.338 e. The number of halogens is 1. The summed E-state index contributed by atoms with van der Waals surface area (Å²) in [6.45, 7) is 5.12. The van der Waals surface area contributed by atoms with Gasteiger partial charge in [0.25, 0.3) is 5.91 Å². The highest BCUT2D eigenvalue weighted by molar-refractivity contribution is 6.31. The van der Waals surface area contributed by atoms with Crippen LogP contribution >= 0.6 is 11.6 Å². The van der Waals surface area contributed by atoms with Crippen LogP contribution in [-0.2, 0) is 14.3 Å². The lowest BCUT2D eigenvalue weighted by atomic mass is 10.1. The summed E-state index contributed by atoms with van der Waals surface area (Å²) in [4.78, 5) is 38.1. The summed E-state index contributed by atoms with van der Waals surface area (Å²) in [7, 11) is 0. The number of ether oxygens (including phenoxy) is 1. The second-order valence-corrected chi connectivity index (χ2v) is 6.74. The number of carbonyl (C=O) groups is 3. The number of hydrogen-bond acceptors (Lipinski definition) is 4. The summed E-state index contributed by atoms with van der Waals surface area (Å²) in [5.74, 6) is -1.37. The number of esters is 1. The van der Waals surface area contributed by atoms with Crippen molar-refractivity contribution < 1.29 is 19.1 Å². The molecule has 0 bridgehead atoms. The minimum Gasteiger partial charge on any atom is -0.452 e. The first-order chi connectivity index (χ1) is 13.3. The Morgan fingerprint density at radius 3 is 2.46 bits per heavy atom. The van der Waals surface area contributed by atoms with E-state index in [2.05, 4.69) is 5.32 Å². The quantitative estimate of drug-likeness (QED) is 0.718. The van der Waals surface area contributed by atoms with E-state index in [1.807, 2.05) is 13.0 Å². The molecule has 0 aliphatic heterocycles. The molecule has 2 aromatic carbocycles. The van der Waals surface area contributed by atoms with Crippen molar-refractivity contribution in [2.24, 2.45) is 0 Å². The second-order valence-electron chi connectivity index (χ2n) is 6.31. The van der Waals surface area contributed by atoms with Crippen molar-refractivity contribution >= 4 is 35.1 Å². The third kappa shape index (κ3) is 5.82. The van der Waals surface area contributed by atoms with Crippen molar-refractivity contribution in [3.05, 3.63) is 64.2 Å². The first-order valence-corrected chi connectivity index (χ1v) is 9.26. The summed E-state index contributed by atoms with van der Waals surface area (Å²) in [5.41, 5.74) is 2.63. The molecule has 0 fully saturated rings. The van der Waals surface area contributed by atoms with Gasteiger partial charge in [-0.3, -0.25) is 9.59 Å². The predicted molar refractivity (Wildman–Crippen MR) is 109 cm³/mol. The molecule has 0 radical (unpaired) electrons. The van der Waals surface area contributed by atoms with Gasteiger partial charge in [-0.15, -0.1) is 0 Å². The van der Waals surface area contributed by atoms with Crippen molar-refractivity contribution in [1.82, 2.24) is 4.90 Å². The van der Waals surface area contributed by atoms with E-state index in [-0.39, 0.29) is 12.5 Å². The Bertz CT molecular complexity index is 882. The molecule has 0 aliphatic rings. The number of nitrogens with zero attached hydrogens (tertiary/aromatic N) is 1. The number of anilines is 1. The van der Waals surface area contributed by atoms with Crippen LogP contribution < -0.4 is 5.32 Å². The predicted octanol–water partition coefficient (Wildman–Crippen LogP) is 3.60. The van der Waals surface area contributed by atoms with Crippen LogP contribution in [0.15, 0.2) is 42.5 Å². The van der Waals surface area contributed by atoms with Crippen molar-refractivity contribution in [2.75, 3.05) is 25.0 Å². The third-order valence-electron chi connectivity index (χ3n) is 4.23. The van der Waals surface area contributed by atoms with Gasteiger partial charge in [-0.2, -0.15) is 0 Å². The molecular weight excluding hydrogens is 380 g/mol. The normalized spacial score (nSPS) is 10.3. The van der Waals surface area contributed by atoms with E-state index in [0.29, 0.717) is 22.8 Å². The fourth-order valence-electron chi connectivity index (χ4n) is 2.57. The van der Waals surface area contributed by atoms with E-state index >= 15 is 0 Å². The molecule has 0 saturated heterocycles. The van der Waals surface area contributed by atoms with Gasteiger partial charge < -0.3 is 15.0 Å². The van der Waals surface area contributed by atoms with Crippen LogP contribution in [-0.4, -0.2) is 42.4 Å². The average molecular weight is 403 g/mol. The molecule has 148 valence electrons. The van der Waals surface area contributed by atoms with Gasteiger partial charge in [-0.05, 0) is 50.1 Å². The minimum absolute atomic E-state index is 0.150. The molecule has 1 N–H and O–H groups in total. The first kappa shape index (κ1) is 21.4. The van der Waals surface area contributed by atoms with Gasteiger partial charge in [0.05, 0.1) is 12.1 Å². The lowest BCUT2D eigenvalue weighted by Crippen LogP contribution is -2.40. The van der Waals surface area contributed by atoms with Gasteiger partial charge in [0, 0.05) is 17.3 Å². The first-order valence-electron chi connectivity index (χ1n) is 8.88. The fourth-order valence-corrected chi connectivity index (χ4v) is 2.74. The Labute approximate surface area is 169 Å². The van der Waals surface area contributed by atoms with E-state index < -0.39 is 18.5 Å². The zero-order valence-corrected chi connectivity index (χ0v) is 16.9. The minimum atomic E-state index is -0.568.